The quantitative estimate of drug-likeness (QED) is 0.282. The van der Waals surface area contributed by atoms with Crippen LogP contribution in [0.2, 0.25) is 5.02 Å². The number of rotatable bonds is 7. The van der Waals surface area contributed by atoms with E-state index in [1.165, 1.54) is 11.8 Å². The molecular formula is C25H20ClN5O2S. The fourth-order valence-corrected chi connectivity index (χ4v) is 4.69. The average Bonchev–Trinajstić information content (AvgIpc) is 3.47. The second-order valence-electron chi connectivity index (χ2n) is 7.41. The molecule has 34 heavy (non-hydrogen) atoms. The molecule has 0 radical (unpaired) electrons. The van der Waals surface area contributed by atoms with E-state index in [9.17, 15) is 4.79 Å². The molecule has 2 N–H and O–H groups in total. The number of carbonyl (C=O) groups is 1. The summed E-state index contributed by atoms with van der Waals surface area (Å²) in [5.41, 5.74) is 3.47. The number of benzene rings is 3. The number of aromatic nitrogens is 4. The van der Waals surface area contributed by atoms with Crippen LogP contribution in [-0.2, 0) is 4.79 Å². The fourth-order valence-electron chi connectivity index (χ4n) is 3.68. The maximum atomic E-state index is 12.6. The first-order valence-corrected chi connectivity index (χ1v) is 11.8. The number of ether oxygens (including phenoxy) is 1. The van der Waals surface area contributed by atoms with Crippen molar-refractivity contribution in [1.29, 1.82) is 0 Å². The van der Waals surface area contributed by atoms with E-state index in [0.717, 1.165) is 22.2 Å². The molecule has 9 heteroatoms. The van der Waals surface area contributed by atoms with E-state index in [2.05, 4.69) is 20.5 Å². The van der Waals surface area contributed by atoms with E-state index in [4.69, 9.17) is 16.3 Å². The van der Waals surface area contributed by atoms with Crippen molar-refractivity contribution in [3.05, 3.63) is 84.0 Å². The number of fused-ring (bicyclic) bond motifs is 1. The van der Waals surface area contributed by atoms with Crippen LogP contribution in [-0.4, -0.2) is 38.5 Å². The van der Waals surface area contributed by atoms with Crippen molar-refractivity contribution in [2.24, 2.45) is 0 Å². The molecule has 0 spiro atoms. The molecule has 0 aliphatic heterocycles. The smallest absolute Gasteiger partial charge is 0.234 e. The first kappa shape index (κ1) is 22.1. The number of nitrogens with one attached hydrogen (secondary N) is 2. The predicted molar refractivity (Wildman–Crippen MR) is 136 cm³/mol. The Morgan fingerprint density at radius 2 is 1.88 bits per heavy atom. The average molecular weight is 490 g/mol. The molecule has 2 heterocycles. The zero-order chi connectivity index (χ0) is 23.5. The Morgan fingerprint density at radius 1 is 1.09 bits per heavy atom. The van der Waals surface area contributed by atoms with Gasteiger partial charge >= 0.3 is 0 Å². The Labute approximate surface area is 205 Å². The first-order valence-electron chi connectivity index (χ1n) is 10.5. The molecule has 0 bridgehead atoms. The van der Waals surface area contributed by atoms with Gasteiger partial charge in [0.05, 0.1) is 17.9 Å². The van der Waals surface area contributed by atoms with Gasteiger partial charge in [0.1, 0.15) is 5.75 Å². The Morgan fingerprint density at radius 3 is 2.68 bits per heavy atom. The van der Waals surface area contributed by atoms with E-state index >= 15 is 0 Å². The van der Waals surface area contributed by atoms with Crippen LogP contribution in [0, 0.1) is 0 Å². The number of para-hydroxylation sites is 2. The largest absolute Gasteiger partial charge is 0.495 e. The normalized spacial score (nSPS) is 11.0. The van der Waals surface area contributed by atoms with Crippen LogP contribution in [0.25, 0.3) is 28.0 Å². The fraction of sp³-hybridized carbons (Fsp3) is 0.0800. The predicted octanol–water partition coefficient (Wildman–Crippen LogP) is 5.81. The standard InChI is InChI=1S/C25H20ClN5O2S/c1-33-22-12-11-16(13-20(22)26)28-23(32)15-34-25-30-29-24(31(25)17-7-3-2-4-8-17)19-14-27-21-10-6-5-9-18(19)21/h2-14,27H,15H2,1H3,(H,28,32). The molecule has 170 valence electrons. The molecule has 0 aliphatic rings. The van der Waals surface area contributed by atoms with E-state index in [-0.39, 0.29) is 11.7 Å². The highest BCUT2D eigenvalue weighted by atomic mass is 35.5. The highest BCUT2D eigenvalue weighted by Crippen LogP contribution is 2.32. The molecule has 0 aliphatic carbocycles. The van der Waals surface area contributed by atoms with Gasteiger partial charge in [0.15, 0.2) is 11.0 Å². The third kappa shape index (κ3) is 4.37. The monoisotopic (exact) mass is 489 g/mol. The summed E-state index contributed by atoms with van der Waals surface area (Å²) in [5.74, 6) is 1.23. The van der Waals surface area contributed by atoms with Gasteiger partial charge in [-0.15, -0.1) is 10.2 Å². The molecule has 3 aromatic carbocycles. The minimum absolute atomic E-state index is 0.155. The van der Waals surface area contributed by atoms with Gasteiger partial charge in [-0.05, 0) is 36.4 Å². The highest BCUT2D eigenvalue weighted by molar-refractivity contribution is 7.99. The Balaban J connectivity index is 1.42. The summed E-state index contributed by atoms with van der Waals surface area (Å²) in [6.07, 6.45) is 1.93. The van der Waals surface area contributed by atoms with Crippen molar-refractivity contribution in [2.75, 3.05) is 18.2 Å². The lowest BCUT2D eigenvalue weighted by atomic mass is 10.1. The van der Waals surface area contributed by atoms with Crippen molar-refractivity contribution in [2.45, 2.75) is 5.16 Å². The molecule has 2 aromatic heterocycles. The molecular weight excluding hydrogens is 470 g/mol. The lowest BCUT2D eigenvalue weighted by molar-refractivity contribution is -0.113. The van der Waals surface area contributed by atoms with Gasteiger partial charge in [0, 0.05) is 34.0 Å². The van der Waals surface area contributed by atoms with E-state index in [1.807, 2.05) is 65.4 Å². The van der Waals surface area contributed by atoms with Crippen LogP contribution in [0.3, 0.4) is 0 Å². The van der Waals surface area contributed by atoms with Crippen LogP contribution in [0.1, 0.15) is 0 Å². The van der Waals surface area contributed by atoms with Gasteiger partial charge in [-0.1, -0.05) is 59.8 Å². The van der Waals surface area contributed by atoms with Gasteiger partial charge in [-0.25, -0.2) is 0 Å². The molecule has 0 saturated carbocycles. The molecule has 0 unspecified atom stereocenters. The van der Waals surface area contributed by atoms with Gasteiger partial charge in [-0.3, -0.25) is 9.36 Å². The van der Waals surface area contributed by atoms with Crippen LogP contribution in [0.5, 0.6) is 5.75 Å². The van der Waals surface area contributed by atoms with Gasteiger partial charge in [0.25, 0.3) is 0 Å². The summed E-state index contributed by atoms with van der Waals surface area (Å²) in [4.78, 5) is 15.9. The topological polar surface area (TPSA) is 84.8 Å². The second kappa shape index (κ2) is 9.62. The summed E-state index contributed by atoms with van der Waals surface area (Å²) in [5, 5.41) is 13.9. The zero-order valence-corrected chi connectivity index (χ0v) is 19.7. The third-order valence-electron chi connectivity index (χ3n) is 5.25. The van der Waals surface area contributed by atoms with Crippen LogP contribution < -0.4 is 10.1 Å². The Kier molecular flexibility index (Phi) is 6.24. The number of carbonyl (C=O) groups excluding carboxylic acids is 1. The minimum Gasteiger partial charge on any atom is -0.495 e. The number of aromatic amines is 1. The number of hydrogen-bond donors (Lipinski definition) is 2. The van der Waals surface area contributed by atoms with Crippen LogP contribution in [0.15, 0.2) is 84.1 Å². The third-order valence-corrected chi connectivity index (χ3v) is 6.47. The van der Waals surface area contributed by atoms with Gasteiger partial charge < -0.3 is 15.0 Å². The van der Waals surface area contributed by atoms with Crippen molar-refractivity contribution in [3.8, 4) is 22.8 Å². The Bertz CT molecular complexity index is 1460. The zero-order valence-electron chi connectivity index (χ0n) is 18.2. The Hall–Kier alpha value is -3.75. The number of halogens is 1. The summed E-state index contributed by atoms with van der Waals surface area (Å²) in [6, 6.07) is 23.0. The number of thioether (sulfide) groups is 1. The molecule has 0 saturated heterocycles. The number of amides is 1. The van der Waals surface area contributed by atoms with Crippen molar-refractivity contribution in [1.82, 2.24) is 19.7 Å². The van der Waals surface area contributed by atoms with E-state index in [1.54, 1.807) is 25.3 Å². The van der Waals surface area contributed by atoms with Crippen molar-refractivity contribution >= 4 is 45.9 Å². The number of methoxy groups -OCH3 is 1. The number of nitrogens with zero attached hydrogens (tertiary/aromatic N) is 3. The highest BCUT2D eigenvalue weighted by Gasteiger charge is 2.19. The SMILES string of the molecule is COc1ccc(NC(=O)CSc2nnc(-c3c[nH]c4ccccc34)n2-c2ccccc2)cc1Cl. The van der Waals surface area contributed by atoms with Crippen molar-refractivity contribution in [3.63, 3.8) is 0 Å². The number of hydrogen-bond acceptors (Lipinski definition) is 5. The van der Waals surface area contributed by atoms with E-state index in [0.29, 0.717) is 27.4 Å². The molecule has 1 amide bonds. The minimum atomic E-state index is -0.178. The molecule has 0 atom stereocenters. The summed E-state index contributed by atoms with van der Waals surface area (Å²) in [7, 11) is 1.55. The van der Waals surface area contributed by atoms with Gasteiger partial charge in [-0.2, -0.15) is 0 Å². The maximum Gasteiger partial charge on any atom is 0.234 e. The summed E-state index contributed by atoms with van der Waals surface area (Å²) < 4.78 is 7.13. The number of H-pyrrole nitrogens is 1. The molecule has 7 nitrogen and oxygen atoms in total. The first-order chi connectivity index (χ1) is 16.6. The molecule has 5 aromatic rings. The second-order valence-corrected chi connectivity index (χ2v) is 8.76. The van der Waals surface area contributed by atoms with Crippen LogP contribution in [0.4, 0.5) is 5.69 Å². The van der Waals surface area contributed by atoms with Crippen molar-refractivity contribution < 1.29 is 9.53 Å². The maximum absolute atomic E-state index is 12.6. The number of anilines is 1. The lowest BCUT2D eigenvalue weighted by Gasteiger charge is -2.10. The van der Waals surface area contributed by atoms with E-state index < -0.39 is 0 Å². The molecule has 0 fully saturated rings. The molecule has 5 rings (SSSR count). The van der Waals surface area contributed by atoms with Crippen LogP contribution >= 0.6 is 23.4 Å². The lowest BCUT2D eigenvalue weighted by Crippen LogP contribution is -2.14. The van der Waals surface area contributed by atoms with Gasteiger partial charge in [0.2, 0.25) is 5.91 Å². The summed E-state index contributed by atoms with van der Waals surface area (Å²) in [6.45, 7) is 0. The summed E-state index contributed by atoms with van der Waals surface area (Å²) >= 11 is 7.48.